The van der Waals surface area contributed by atoms with Crippen molar-refractivity contribution in [1.29, 1.82) is 0 Å². The fourth-order valence-corrected chi connectivity index (χ4v) is 3.38. The summed E-state index contributed by atoms with van der Waals surface area (Å²) in [6.07, 6.45) is 1.82. The molecule has 7 nitrogen and oxygen atoms in total. The lowest BCUT2D eigenvalue weighted by atomic mass is 9.78. The van der Waals surface area contributed by atoms with Crippen molar-refractivity contribution >= 4 is 11.9 Å². The number of nitrogens with zero attached hydrogens (tertiary/aromatic N) is 3. The molecule has 29 heavy (non-hydrogen) atoms. The van der Waals surface area contributed by atoms with Gasteiger partial charge in [0.1, 0.15) is 5.41 Å². The van der Waals surface area contributed by atoms with Gasteiger partial charge in [0.25, 0.3) is 5.91 Å². The molecular formula is C22H24N4O3. The Morgan fingerprint density at radius 2 is 1.86 bits per heavy atom. The number of pyridine rings is 1. The Morgan fingerprint density at radius 1 is 1.14 bits per heavy atom. The molecule has 1 atom stereocenters. The van der Waals surface area contributed by atoms with Crippen LogP contribution in [0.15, 0.2) is 54.7 Å². The average molecular weight is 392 g/mol. The Kier molecular flexibility index (Phi) is 5.77. The number of carbonyl (C=O) groups is 2. The van der Waals surface area contributed by atoms with Gasteiger partial charge in [0.05, 0.1) is 11.3 Å². The van der Waals surface area contributed by atoms with E-state index in [1.165, 1.54) is 6.20 Å². The fourth-order valence-electron chi connectivity index (χ4n) is 3.38. The number of aliphatic carboxylic acids is 1. The van der Waals surface area contributed by atoms with E-state index in [9.17, 15) is 14.7 Å². The third kappa shape index (κ3) is 4.03. The van der Waals surface area contributed by atoms with E-state index in [-0.39, 0.29) is 12.5 Å². The maximum Gasteiger partial charge on any atom is 0.315 e. The molecule has 150 valence electrons. The summed E-state index contributed by atoms with van der Waals surface area (Å²) in [5.74, 6) is -0.721. The normalized spacial score (nSPS) is 12.9. The fraction of sp³-hybridized carbons (Fsp3) is 0.273. The van der Waals surface area contributed by atoms with Crippen LogP contribution >= 0.6 is 0 Å². The van der Waals surface area contributed by atoms with Crippen LogP contribution in [0.5, 0.6) is 0 Å². The number of hydrogen-bond donors (Lipinski definition) is 2. The molecule has 0 radical (unpaired) electrons. The Labute approximate surface area is 169 Å². The van der Waals surface area contributed by atoms with Gasteiger partial charge in [0.2, 0.25) is 0 Å². The molecular weight excluding hydrogens is 368 g/mol. The first-order valence-electron chi connectivity index (χ1n) is 9.44. The molecule has 3 rings (SSSR count). The topological polar surface area (TPSA) is 97.1 Å². The number of carboxylic acids is 1. The van der Waals surface area contributed by atoms with Crippen molar-refractivity contribution in [3.05, 3.63) is 77.2 Å². The summed E-state index contributed by atoms with van der Waals surface area (Å²) < 4.78 is 1.71. The second kappa shape index (κ2) is 8.26. The molecule has 0 aliphatic heterocycles. The molecule has 7 heteroatoms. The number of rotatable bonds is 7. The van der Waals surface area contributed by atoms with Gasteiger partial charge in [0, 0.05) is 18.4 Å². The summed E-state index contributed by atoms with van der Waals surface area (Å²) in [4.78, 5) is 29.0. The van der Waals surface area contributed by atoms with E-state index in [2.05, 4.69) is 15.4 Å². The number of hydrogen-bond acceptors (Lipinski definition) is 4. The van der Waals surface area contributed by atoms with Gasteiger partial charge >= 0.3 is 5.97 Å². The summed E-state index contributed by atoms with van der Waals surface area (Å²) in [5.41, 5.74) is 1.67. The third-order valence-corrected chi connectivity index (χ3v) is 5.13. The number of carbonyl (C=O) groups excluding carboxylic acids is 1. The van der Waals surface area contributed by atoms with E-state index in [1.54, 1.807) is 48.0 Å². The first-order valence-corrected chi connectivity index (χ1v) is 9.44. The van der Waals surface area contributed by atoms with Crippen molar-refractivity contribution in [2.45, 2.75) is 32.6 Å². The number of amides is 1. The molecule has 3 aromatic rings. The largest absolute Gasteiger partial charge is 0.481 e. The lowest BCUT2D eigenvalue weighted by Gasteiger charge is -2.29. The number of aromatic nitrogens is 3. The van der Waals surface area contributed by atoms with Crippen molar-refractivity contribution < 1.29 is 14.7 Å². The predicted octanol–water partition coefficient (Wildman–Crippen LogP) is 3.05. The molecule has 2 N–H and O–H groups in total. The highest BCUT2D eigenvalue weighted by molar-refractivity contribution is 5.94. The molecule has 1 amide bonds. The Bertz CT molecular complexity index is 1010. The minimum Gasteiger partial charge on any atom is -0.481 e. The van der Waals surface area contributed by atoms with E-state index in [0.717, 1.165) is 11.4 Å². The molecule has 0 saturated heterocycles. The summed E-state index contributed by atoms with van der Waals surface area (Å²) in [7, 11) is 0. The van der Waals surface area contributed by atoms with Gasteiger partial charge in [-0.15, -0.1) is 0 Å². The molecule has 0 saturated carbocycles. The van der Waals surface area contributed by atoms with Crippen LogP contribution < -0.4 is 5.32 Å². The summed E-state index contributed by atoms with van der Waals surface area (Å²) in [6.45, 7) is 5.63. The van der Waals surface area contributed by atoms with Crippen molar-refractivity contribution in [1.82, 2.24) is 20.1 Å². The monoisotopic (exact) mass is 392 g/mol. The highest BCUT2D eigenvalue weighted by Gasteiger charge is 2.39. The maximum atomic E-state index is 12.6. The number of benzene rings is 1. The van der Waals surface area contributed by atoms with Gasteiger partial charge in [-0.1, -0.05) is 37.3 Å². The molecule has 1 aromatic carbocycles. The Morgan fingerprint density at radius 3 is 2.38 bits per heavy atom. The third-order valence-electron chi connectivity index (χ3n) is 5.13. The van der Waals surface area contributed by atoms with Gasteiger partial charge < -0.3 is 10.4 Å². The van der Waals surface area contributed by atoms with Gasteiger partial charge in [0.15, 0.2) is 5.82 Å². The molecule has 0 spiro atoms. The highest BCUT2D eigenvalue weighted by atomic mass is 16.4. The van der Waals surface area contributed by atoms with Crippen LogP contribution in [0.2, 0.25) is 0 Å². The molecule has 0 fully saturated rings. The highest BCUT2D eigenvalue weighted by Crippen LogP contribution is 2.28. The first-order chi connectivity index (χ1) is 13.9. The second-order valence-electron chi connectivity index (χ2n) is 7.03. The van der Waals surface area contributed by atoms with E-state index in [4.69, 9.17) is 0 Å². The second-order valence-corrected chi connectivity index (χ2v) is 7.03. The van der Waals surface area contributed by atoms with Crippen LogP contribution in [0, 0.1) is 13.8 Å². The SMILES string of the molecule is CCC(CNC(=O)c1ccc(-n2nc(C)cc2C)nc1)(C(=O)O)c1ccccc1. The van der Waals surface area contributed by atoms with Gasteiger partial charge in [-0.3, -0.25) is 9.59 Å². The summed E-state index contributed by atoms with van der Waals surface area (Å²) >= 11 is 0. The Hall–Kier alpha value is -3.48. The van der Waals surface area contributed by atoms with Crippen LogP contribution in [0.1, 0.15) is 40.7 Å². The van der Waals surface area contributed by atoms with Crippen molar-refractivity contribution in [3.8, 4) is 5.82 Å². The van der Waals surface area contributed by atoms with E-state index in [0.29, 0.717) is 23.4 Å². The van der Waals surface area contributed by atoms with Gasteiger partial charge in [-0.25, -0.2) is 9.67 Å². The molecule has 0 aliphatic carbocycles. The molecule has 0 bridgehead atoms. The summed E-state index contributed by atoms with van der Waals surface area (Å²) in [6, 6.07) is 14.3. The van der Waals surface area contributed by atoms with Crippen molar-refractivity contribution in [2.24, 2.45) is 0 Å². The van der Waals surface area contributed by atoms with Crippen LogP contribution in [0.3, 0.4) is 0 Å². The average Bonchev–Trinajstić information content (AvgIpc) is 3.07. The zero-order chi connectivity index (χ0) is 21.0. The van der Waals surface area contributed by atoms with Gasteiger partial charge in [-0.05, 0) is 44.0 Å². The zero-order valence-electron chi connectivity index (χ0n) is 16.7. The number of aryl methyl sites for hydroxylation is 2. The lowest BCUT2D eigenvalue weighted by Crippen LogP contribution is -2.46. The minimum atomic E-state index is -1.19. The van der Waals surface area contributed by atoms with Crippen LogP contribution in [-0.2, 0) is 10.2 Å². The minimum absolute atomic E-state index is 0.0130. The molecule has 2 aromatic heterocycles. The van der Waals surface area contributed by atoms with E-state index in [1.807, 2.05) is 26.0 Å². The number of nitrogens with one attached hydrogen (secondary N) is 1. The Balaban J connectivity index is 1.77. The first kappa shape index (κ1) is 20.3. The number of carboxylic acid groups (broad SMARTS) is 1. The molecule has 0 aliphatic rings. The van der Waals surface area contributed by atoms with Gasteiger partial charge in [-0.2, -0.15) is 5.10 Å². The van der Waals surface area contributed by atoms with Crippen molar-refractivity contribution in [3.63, 3.8) is 0 Å². The van der Waals surface area contributed by atoms with Crippen LogP contribution in [0.4, 0.5) is 0 Å². The quantitative estimate of drug-likeness (QED) is 0.644. The molecule has 2 heterocycles. The standard InChI is InChI=1S/C22H24N4O3/c1-4-22(21(28)29,18-8-6-5-7-9-18)14-24-20(27)17-10-11-19(23-13-17)26-16(3)12-15(2)25-26/h5-13H,4,14H2,1-3H3,(H,24,27)(H,28,29). The predicted molar refractivity (Wildman–Crippen MR) is 109 cm³/mol. The maximum absolute atomic E-state index is 12.6. The smallest absolute Gasteiger partial charge is 0.315 e. The zero-order valence-corrected chi connectivity index (χ0v) is 16.7. The van der Waals surface area contributed by atoms with E-state index < -0.39 is 11.4 Å². The van der Waals surface area contributed by atoms with E-state index >= 15 is 0 Å². The lowest BCUT2D eigenvalue weighted by molar-refractivity contribution is -0.143. The van der Waals surface area contributed by atoms with Crippen molar-refractivity contribution in [2.75, 3.05) is 6.54 Å². The molecule has 1 unspecified atom stereocenters. The van der Waals surface area contributed by atoms with Crippen LogP contribution in [-0.4, -0.2) is 38.3 Å². The summed E-state index contributed by atoms with van der Waals surface area (Å²) in [5, 5.41) is 17.0. The van der Waals surface area contributed by atoms with Crippen LogP contribution in [0.25, 0.3) is 5.82 Å².